The van der Waals surface area contributed by atoms with Gasteiger partial charge in [0.15, 0.2) is 5.13 Å². The first kappa shape index (κ1) is 16.5. The zero-order chi connectivity index (χ0) is 18.4. The van der Waals surface area contributed by atoms with Gasteiger partial charge in [0.1, 0.15) is 10.5 Å². The number of rotatable bonds is 4. The lowest BCUT2D eigenvalue weighted by molar-refractivity contribution is 0.0994. The van der Waals surface area contributed by atoms with Crippen LogP contribution in [-0.2, 0) is 7.05 Å². The Bertz CT molecular complexity index is 1110. The number of carbonyl (C=O) groups is 2. The highest BCUT2D eigenvalue weighted by Gasteiger charge is 2.17. The van der Waals surface area contributed by atoms with Crippen LogP contribution in [0.5, 0.6) is 0 Å². The van der Waals surface area contributed by atoms with E-state index in [-0.39, 0.29) is 5.91 Å². The summed E-state index contributed by atoms with van der Waals surface area (Å²) in [4.78, 5) is 32.4. The highest BCUT2D eigenvalue weighted by molar-refractivity contribution is 7.20. The number of nitrogens with zero attached hydrogens (tertiary/aromatic N) is 3. The summed E-state index contributed by atoms with van der Waals surface area (Å²) in [6, 6.07) is 3.47. The van der Waals surface area contributed by atoms with E-state index in [1.54, 1.807) is 16.9 Å². The predicted octanol–water partition coefficient (Wildman–Crippen LogP) is 2.75. The second-order valence-corrected chi connectivity index (χ2v) is 7.59. The van der Waals surface area contributed by atoms with Crippen LogP contribution < -0.4 is 11.1 Å². The molecule has 4 heterocycles. The number of carbonyl (C=O) groups excluding carboxylic acids is 2. The van der Waals surface area contributed by atoms with E-state index < -0.39 is 5.91 Å². The number of aromatic amines is 1. The van der Waals surface area contributed by atoms with Gasteiger partial charge in [0.25, 0.3) is 11.8 Å². The molecule has 0 bridgehead atoms. The quantitative estimate of drug-likeness (QED) is 0.499. The normalized spacial score (nSPS) is 11.2. The van der Waals surface area contributed by atoms with Gasteiger partial charge in [0.05, 0.1) is 16.3 Å². The average Bonchev–Trinajstić information content (AvgIpc) is 3.34. The lowest BCUT2D eigenvalue weighted by atomic mass is 10.2. The summed E-state index contributed by atoms with van der Waals surface area (Å²) in [5, 5.41) is 10.4. The number of aryl methyl sites for hydroxylation is 2. The summed E-state index contributed by atoms with van der Waals surface area (Å²) in [5.74, 6) is -0.743. The number of hydrogen-bond acceptors (Lipinski definition) is 6. The maximum Gasteiger partial charge on any atom is 0.267 e. The first-order valence-electron chi connectivity index (χ1n) is 7.61. The second-order valence-electron chi connectivity index (χ2n) is 5.70. The Kier molecular flexibility index (Phi) is 3.85. The Morgan fingerprint density at radius 3 is 2.85 bits per heavy atom. The molecule has 10 heteroatoms. The minimum Gasteiger partial charge on any atom is -0.364 e. The van der Waals surface area contributed by atoms with Crippen LogP contribution in [0.4, 0.5) is 5.13 Å². The van der Waals surface area contributed by atoms with E-state index in [2.05, 4.69) is 20.4 Å². The van der Waals surface area contributed by atoms with Crippen molar-refractivity contribution in [3.8, 4) is 11.3 Å². The summed E-state index contributed by atoms with van der Waals surface area (Å²) < 4.78 is 1.77. The highest BCUT2D eigenvalue weighted by atomic mass is 32.1. The fourth-order valence-electron chi connectivity index (χ4n) is 2.62. The molecule has 0 aliphatic carbocycles. The Morgan fingerprint density at radius 1 is 1.35 bits per heavy atom. The Balaban J connectivity index is 1.55. The lowest BCUT2D eigenvalue weighted by Gasteiger charge is -1.98. The number of anilines is 1. The van der Waals surface area contributed by atoms with Crippen molar-refractivity contribution in [2.75, 3.05) is 5.32 Å². The molecule has 4 N–H and O–H groups in total. The number of aromatic nitrogens is 4. The molecule has 0 saturated heterocycles. The van der Waals surface area contributed by atoms with Crippen molar-refractivity contribution in [3.05, 3.63) is 40.0 Å². The van der Waals surface area contributed by atoms with Crippen molar-refractivity contribution in [2.24, 2.45) is 12.8 Å². The molecule has 0 aliphatic heterocycles. The fourth-order valence-corrected chi connectivity index (χ4v) is 4.36. The molecule has 4 aromatic heterocycles. The molecule has 0 unspecified atom stereocenters. The van der Waals surface area contributed by atoms with Gasteiger partial charge in [-0.15, -0.1) is 22.7 Å². The number of amides is 2. The third-order valence-corrected chi connectivity index (χ3v) is 5.85. The molecule has 4 rings (SSSR count). The van der Waals surface area contributed by atoms with Crippen LogP contribution in [0.1, 0.15) is 25.9 Å². The summed E-state index contributed by atoms with van der Waals surface area (Å²) >= 11 is 2.70. The number of thiophene rings is 1. The van der Waals surface area contributed by atoms with Gasteiger partial charge in [-0.1, -0.05) is 0 Å². The van der Waals surface area contributed by atoms with E-state index in [1.807, 2.05) is 25.4 Å². The monoisotopic (exact) mass is 386 g/mol. The number of hydrogen-bond donors (Lipinski definition) is 3. The van der Waals surface area contributed by atoms with Crippen LogP contribution in [-0.4, -0.2) is 31.6 Å². The maximum absolute atomic E-state index is 12.5. The van der Waals surface area contributed by atoms with Crippen molar-refractivity contribution in [3.63, 3.8) is 0 Å². The van der Waals surface area contributed by atoms with Gasteiger partial charge in [0, 0.05) is 29.6 Å². The molecule has 8 nitrogen and oxygen atoms in total. The Hall–Kier alpha value is -2.98. The molecule has 0 aromatic carbocycles. The predicted molar refractivity (Wildman–Crippen MR) is 102 cm³/mol. The molecule has 132 valence electrons. The van der Waals surface area contributed by atoms with Crippen LogP contribution >= 0.6 is 22.7 Å². The van der Waals surface area contributed by atoms with E-state index in [4.69, 9.17) is 5.73 Å². The molecule has 0 radical (unpaired) electrons. The minimum absolute atomic E-state index is 0.210. The molecule has 0 saturated carbocycles. The van der Waals surface area contributed by atoms with Crippen LogP contribution in [0.15, 0.2) is 23.7 Å². The molecular formula is C16H14N6O2S2. The third kappa shape index (κ3) is 2.78. The van der Waals surface area contributed by atoms with Crippen LogP contribution in [0.25, 0.3) is 21.5 Å². The second kappa shape index (κ2) is 6.07. The van der Waals surface area contributed by atoms with Gasteiger partial charge >= 0.3 is 0 Å². The topological polar surface area (TPSA) is 119 Å². The zero-order valence-electron chi connectivity index (χ0n) is 13.9. The Labute approximate surface area is 155 Å². The first-order valence-corrected chi connectivity index (χ1v) is 9.30. The van der Waals surface area contributed by atoms with E-state index in [9.17, 15) is 9.59 Å². The van der Waals surface area contributed by atoms with Gasteiger partial charge in [0.2, 0.25) is 0 Å². The third-order valence-electron chi connectivity index (χ3n) is 3.89. The number of H-pyrrole nitrogens is 1. The molecule has 0 aliphatic rings. The van der Waals surface area contributed by atoms with E-state index >= 15 is 0 Å². The van der Waals surface area contributed by atoms with Gasteiger partial charge in [-0.2, -0.15) is 5.10 Å². The molecule has 0 atom stereocenters. The van der Waals surface area contributed by atoms with Gasteiger partial charge in [-0.25, -0.2) is 4.98 Å². The van der Waals surface area contributed by atoms with Crippen molar-refractivity contribution < 1.29 is 9.59 Å². The lowest BCUT2D eigenvalue weighted by Crippen LogP contribution is -2.10. The van der Waals surface area contributed by atoms with Crippen molar-refractivity contribution in [2.45, 2.75) is 6.92 Å². The number of nitrogens with one attached hydrogen (secondary N) is 2. The number of fused-ring (bicyclic) bond motifs is 1. The summed E-state index contributed by atoms with van der Waals surface area (Å²) in [5.41, 5.74) is 7.84. The molecular weight excluding hydrogens is 372 g/mol. The summed E-state index contributed by atoms with van der Waals surface area (Å²) in [7, 11) is 1.86. The van der Waals surface area contributed by atoms with Gasteiger partial charge < -0.3 is 10.7 Å². The molecule has 2 amide bonds. The van der Waals surface area contributed by atoms with Crippen molar-refractivity contribution in [1.29, 1.82) is 0 Å². The average molecular weight is 386 g/mol. The van der Waals surface area contributed by atoms with Crippen LogP contribution in [0, 0.1) is 6.92 Å². The van der Waals surface area contributed by atoms with E-state index in [0.717, 1.165) is 21.5 Å². The molecule has 0 spiro atoms. The summed E-state index contributed by atoms with van der Waals surface area (Å²) in [6.07, 6.45) is 1.66. The van der Waals surface area contributed by atoms with Crippen LogP contribution in [0.3, 0.4) is 0 Å². The molecule has 4 aromatic rings. The van der Waals surface area contributed by atoms with Crippen LogP contribution in [0.2, 0.25) is 0 Å². The Morgan fingerprint density at radius 2 is 2.15 bits per heavy atom. The van der Waals surface area contributed by atoms with Gasteiger partial charge in [-0.05, 0) is 19.1 Å². The number of thiazole rings is 1. The fraction of sp³-hybridized carbons (Fsp3) is 0.125. The van der Waals surface area contributed by atoms with E-state index in [1.165, 1.54) is 22.7 Å². The first-order chi connectivity index (χ1) is 12.4. The van der Waals surface area contributed by atoms with Crippen molar-refractivity contribution in [1.82, 2.24) is 19.7 Å². The maximum atomic E-state index is 12.5. The smallest absolute Gasteiger partial charge is 0.267 e. The van der Waals surface area contributed by atoms with Gasteiger partial charge in [-0.3, -0.25) is 19.6 Å². The standard InChI is InChI=1S/C16H14N6O2S2/c1-7-9-4-12(26-15(9)22(2)21-7)14(24)20-16-19-11(6-25-16)8-3-10(13(17)23)18-5-8/h3-6,18H,1-2H3,(H2,17,23)(H,19,20,24). The zero-order valence-corrected chi connectivity index (χ0v) is 15.5. The summed E-state index contributed by atoms with van der Waals surface area (Å²) in [6.45, 7) is 1.92. The molecule has 0 fully saturated rings. The highest BCUT2D eigenvalue weighted by Crippen LogP contribution is 2.29. The number of primary amides is 1. The SMILES string of the molecule is Cc1nn(C)c2sc(C(=O)Nc3nc(-c4c[nH]c(C(N)=O)c4)cs3)cc12. The largest absolute Gasteiger partial charge is 0.364 e. The van der Waals surface area contributed by atoms with E-state index in [0.29, 0.717) is 21.4 Å². The number of nitrogens with two attached hydrogens (primary N) is 1. The molecule has 26 heavy (non-hydrogen) atoms. The minimum atomic E-state index is -0.533. The van der Waals surface area contributed by atoms with Crippen molar-refractivity contribution >= 4 is 49.8 Å².